The minimum absolute atomic E-state index is 0.175. The number of ether oxygens (including phenoxy) is 3. The molecule has 0 radical (unpaired) electrons. The second-order valence-corrected chi connectivity index (χ2v) is 6.70. The van der Waals surface area contributed by atoms with E-state index in [1.807, 2.05) is 72.8 Å². The molecule has 2 atom stereocenters. The van der Waals surface area contributed by atoms with E-state index in [9.17, 15) is 4.79 Å². The summed E-state index contributed by atoms with van der Waals surface area (Å²) in [5.74, 6) is -0.342. The van der Waals surface area contributed by atoms with Crippen LogP contribution in [0.15, 0.2) is 84.9 Å². The Bertz CT molecular complexity index is 891. The average Bonchev–Trinajstić information content (AvgIpc) is 2.79. The van der Waals surface area contributed by atoms with Crippen molar-refractivity contribution in [1.82, 2.24) is 0 Å². The third-order valence-electron chi connectivity index (χ3n) is 4.72. The fourth-order valence-electron chi connectivity index (χ4n) is 3.18. The lowest BCUT2D eigenvalue weighted by molar-refractivity contribution is -0.224. The molecule has 4 heteroatoms. The van der Waals surface area contributed by atoms with Gasteiger partial charge < -0.3 is 14.2 Å². The Morgan fingerprint density at radius 3 is 2.21 bits per heavy atom. The van der Waals surface area contributed by atoms with E-state index in [1.54, 1.807) is 12.1 Å². The van der Waals surface area contributed by atoms with Crippen molar-refractivity contribution >= 4 is 5.97 Å². The lowest BCUT2D eigenvalue weighted by Gasteiger charge is -2.30. The summed E-state index contributed by atoms with van der Waals surface area (Å²) in [6, 6.07) is 27.3. The Morgan fingerprint density at radius 2 is 1.50 bits per heavy atom. The molecule has 1 aliphatic rings. The Hall–Kier alpha value is -2.95. The topological polar surface area (TPSA) is 44.8 Å². The zero-order valence-corrected chi connectivity index (χ0v) is 15.5. The number of hydrogen-bond acceptors (Lipinski definition) is 4. The van der Waals surface area contributed by atoms with Crippen LogP contribution in [0.4, 0.5) is 0 Å². The van der Waals surface area contributed by atoms with E-state index < -0.39 is 6.29 Å². The van der Waals surface area contributed by atoms with Crippen molar-refractivity contribution in [2.24, 2.45) is 0 Å². The number of carbonyl (C=O) groups excluding carboxylic acids is 1. The fourth-order valence-corrected chi connectivity index (χ4v) is 3.18. The molecule has 1 aliphatic heterocycles. The number of esters is 1. The third kappa shape index (κ3) is 4.47. The summed E-state index contributed by atoms with van der Waals surface area (Å²) >= 11 is 0. The maximum absolute atomic E-state index is 12.4. The second kappa shape index (κ2) is 8.83. The highest BCUT2D eigenvalue weighted by atomic mass is 16.7. The Labute approximate surface area is 164 Å². The normalized spacial score (nSPS) is 19.1. The number of benzene rings is 3. The molecular weight excluding hydrogens is 352 g/mol. The van der Waals surface area contributed by atoms with Crippen LogP contribution >= 0.6 is 0 Å². The summed E-state index contributed by atoms with van der Waals surface area (Å²) in [6.07, 6.45) is 0.110. The standard InChI is InChI=1S/C24H22O4/c25-23(20-13-11-19(12-14-20)18-7-3-1-4-8-18)27-17-22-15-16-26-24(28-22)21-9-5-2-6-10-21/h1-14,22,24H,15-17H2/t22-,24-/m0/s1. The fraction of sp³-hybridized carbons (Fsp3) is 0.208. The largest absolute Gasteiger partial charge is 0.459 e. The molecule has 1 fully saturated rings. The Morgan fingerprint density at radius 1 is 0.857 bits per heavy atom. The van der Waals surface area contributed by atoms with Gasteiger partial charge in [-0.15, -0.1) is 0 Å². The summed E-state index contributed by atoms with van der Waals surface area (Å²) in [5.41, 5.74) is 3.68. The molecule has 3 aromatic carbocycles. The van der Waals surface area contributed by atoms with Gasteiger partial charge in [0.05, 0.1) is 18.3 Å². The molecule has 0 aliphatic carbocycles. The van der Waals surface area contributed by atoms with Gasteiger partial charge in [0, 0.05) is 12.0 Å². The number of rotatable bonds is 5. The number of carbonyl (C=O) groups is 1. The van der Waals surface area contributed by atoms with Crippen LogP contribution in [0, 0.1) is 0 Å². The maximum Gasteiger partial charge on any atom is 0.338 e. The van der Waals surface area contributed by atoms with Crippen LogP contribution in [0.1, 0.15) is 28.6 Å². The highest BCUT2D eigenvalue weighted by Crippen LogP contribution is 2.26. The molecule has 28 heavy (non-hydrogen) atoms. The molecule has 3 aromatic rings. The van der Waals surface area contributed by atoms with E-state index in [1.165, 1.54) is 0 Å². The highest BCUT2D eigenvalue weighted by molar-refractivity contribution is 5.90. The minimum atomic E-state index is -0.413. The van der Waals surface area contributed by atoms with Crippen molar-refractivity contribution in [2.75, 3.05) is 13.2 Å². The van der Waals surface area contributed by atoms with Gasteiger partial charge in [-0.3, -0.25) is 0 Å². The van der Waals surface area contributed by atoms with Gasteiger partial charge in [-0.25, -0.2) is 4.79 Å². The van der Waals surface area contributed by atoms with Crippen LogP contribution in [0.5, 0.6) is 0 Å². The average molecular weight is 374 g/mol. The van der Waals surface area contributed by atoms with Gasteiger partial charge in [-0.1, -0.05) is 72.8 Å². The molecule has 0 N–H and O–H groups in total. The van der Waals surface area contributed by atoms with E-state index in [0.29, 0.717) is 18.6 Å². The molecule has 4 rings (SSSR count). The van der Waals surface area contributed by atoms with Gasteiger partial charge in [0.25, 0.3) is 0 Å². The molecule has 0 unspecified atom stereocenters. The van der Waals surface area contributed by atoms with E-state index in [2.05, 4.69) is 0 Å². The first-order chi connectivity index (χ1) is 13.8. The summed E-state index contributed by atoms with van der Waals surface area (Å²) < 4.78 is 17.1. The predicted octanol–water partition coefficient (Wildman–Crippen LogP) is 5.01. The second-order valence-electron chi connectivity index (χ2n) is 6.70. The SMILES string of the molecule is O=C(OC[C@@H]1CCO[C@H](c2ccccc2)O1)c1ccc(-c2ccccc2)cc1. The van der Waals surface area contributed by atoms with Crippen molar-refractivity contribution in [3.05, 3.63) is 96.1 Å². The first-order valence-corrected chi connectivity index (χ1v) is 9.44. The van der Waals surface area contributed by atoms with Crippen LogP contribution in [-0.2, 0) is 14.2 Å². The summed E-state index contributed by atoms with van der Waals surface area (Å²) in [5, 5.41) is 0. The lowest BCUT2D eigenvalue weighted by Crippen LogP contribution is -2.31. The van der Waals surface area contributed by atoms with E-state index in [4.69, 9.17) is 14.2 Å². The first-order valence-electron chi connectivity index (χ1n) is 9.44. The predicted molar refractivity (Wildman–Crippen MR) is 107 cm³/mol. The summed E-state index contributed by atoms with van der Waals surface area (Å²) in [7, 11) is 0. The van der Waals surface area contributed by atoms with Gasteiger partial charge >= 0.3 is 5.97 Å². The van der Waals surface area contributed by atoms with Gasteiger partial charge in [-0.2, -0.15) is 0 Å². The van der Waals surface area contributed by atoms with Crippen LogP contribution in [-0.4, -0.2) is 25.3 Å². The van der Waals surface area contributed by atoms with Crippen molar-refractivity contribution in [2.45, 2.75) is 18.8 Å². The smallest absolute Gasteiger partial charge is 0.338 e. The zero-order valence-electron chi connectivity index (χ0n) is 15.5. The van der Waals surface area contributed by atoms with Gasteiger partial charge in [0.1, 0.15) is 6.61 Å². The molecule has 1 saturated heterocycles. The van der Waals surface area contributed by atoms with Crippen molar-refractivity contribution in [1.29, 1.82) is 0 Å². The van der Waals surface area contributed by atoms with Crippen LogP contribution in [0.3, 0.4) is 0 Å². The Balaban J connectivity index is 1.33. The molecule has 142 valence electrons. The zero-order chi connectivity index (χ0) is 19.2. The third-order valence-corrected chi connectivity index (χ3v) is 4.72. The van der Waals surface area contributed by atoms with Crippen LogP contribution in [0.2, 0.25) is 0 Å². The van der Waals surface area contributed by atoms with Gasteiger partial charge in [0.15, 0.2) is 6.29 Å². The Kier molecular flexibility index (Phi) is 5.80. The minimum Gasteiger partial charge on any atom is -0.459 e. The molecule has 0 aromatic heterocycles. The van der Waals surface area contributed by atoms with Crippen molar-refractivity contribution in [3.63, 3.8) is 0 Å². The highest BCUT2D eigenvalue weighted by Gasteiger charge is 2.25. The monoisotopic (exact) mass is 374 g/mol. The van der Waals surface area contributed by atoms with Crippen molar-refractivity contribution in [3.8, 4) is 11.1 Å². The summed E-state index contributed by atoms with van der Waals surface area (Å²) in [4.78, 5) is 12.4. The lowest BCUT2D eigenvalue weighted by atomic mass is 10.0. The van der Waals surface area contributed by atoms with Crippen LogP contribution < -0.4 is 0 Å². The molecule has 0 amide bonds. The molecule has 0 bridgehead atoms. The van der Waals surface area contributed by atoms with Crippen LogP contribution in [0.25, 0.3) is 11.1 Å². The number of hydrogen-bond donors (Lipinski definition) is 0. The van der Waals surface area contributed by atoms with E-state index in [-0.39, 0.29) is 18.7 Å². The van der Waals surface area contributed by atoms with Crippen molar-refractivity contribution < 1.29 is 19.0 Å². The quantitative estimate of drug-likeness (QED) is 0.589. The van der Waals surface area contributed by atoms with E-state index >= 15 is 0 Å². The first kappa shape index (κ1) is 18.4. The molecular formula is C24H22O4. The van der Waals surface area contributed by atoms with Gasteiger partial charge in [-0.05, 0) is 23.3 Å². The molecule has 4 nitrogen and oxygen atoms in total. The molecule has 0 spiro atoms. The summed E-state index contributed by atoms with van der Waals surface area (Å²) in [6.45, 7) is 0.791. The molecule has 0 saturated carbocycles. The van der Waals surface area contributed by atoms with E-state index in [0.717, 1.165) is 16.7 Å². The molecule has 1 heterocycles. The van der Waals surface area contributed by atoms with Gasteiger partial charge in [0.2, 0.25) is 0 Å². The maximum atomic E-state index is 12.4.